The van der Waals surface area contributed by atoms with E-state index in [2.05, 4.69) is 20.5 Å². The number of fused-ring (bicyclic) bond motifs is 1. The molecule has 2 heterocycles. The van der Waals surface area contributed by atoms with Crippen LogP contribution in [0.1, 0.15) is 42.9 Å². The van der Waals surface area contributed by atoms with E-state index in [1.54, 1.807) is 25.4 Å². The van der Waals surface area contributed by atoms with Gasteiger partial charge < -0.3 is 20.8 Å². The number of Topliss-reactive ketones (excluding diaryl/α,β-unsaturated/α-hetero) is 1. The van der Waals surface area contributed by atoms with Gasteiger partial charge in [0.05, 0.1) is 12.8 Å². The van der Waals surface area contributed by atoms with Crippen LogP contribution in [0.15, 0.2) is 36.5 Å². The molecule has 0 aliphatic rings. The van der Waals surface area contributed by atoms with Crippen molar-refractivity contribution in [2.24, 2.45) is 17.6 Å². The highest BCUT2D eigenvalue weighted by atomic mass is 16.5. The Labute approximate surface area is 186 Å². The molecule has 0 fully saturated rings. The largest absolute Gasteiger partial charge is 0.496 e. The fourth-order valence-corrected chi connectivity index (χ4v) is 3.77. The topological polar surface area (TPSA) is 143 Å². The lowest BCUT2D eigenvalue weighted by Gasteiger charge is -2.21. The molecule has 1 unspecified atom stereocenters. The van der Waals surface area contributed by atoms with E-state index >= 15 is 0 Å². The Hall–Kier alpha value is -3.62. The highest BCUT2D eigenvalue weighted by molar-refractivity contribution is 6.02. The number of benzene rings is 1. The van der Waals surface area contributed by atoms with E-state index in [9.17, 15) is 14.4 Å². The number of carbonyl (C=O) groups is 3. The van der Waals surface area contributed by atoms with E-state index in [0.717, 1.165) is 10.9 Å². The lowest BCUT2D eigenvalue weighted by Crippen LogP contribution is -2.48. The number of aromatic amines is 2. The maximum atomic E-state index is 13.0. The zero-order chi connectivity index (χ0) is 23.3. The molecule has 9 heteroatoms. The van der Waals surface area contributed by atoms with Gasteiger partial charge in [0.2, 0.25) is 11.8 Å². The van der Waals surface area contributed by atoms with Gasteiger partial charge in [0.15, 0.2) is 5.78 Å². The van der Waals surface area contributed by atoms with Crippen LogP contribution in [-0.4, -0.2) is 45.9 Å². The molecule has 0 bridgehead atoms. The van der Waals surface area contributed by atoms with Crippen molar-refractivity contribution in [1.82, 2.24) is 20.5 Å². The van der Waals surface area contributed by atoms with Gasteiger partial charge in [0.1, 0.15) is 11.8 Å². The van der Waals surface area contributed by atoms with E-state index in [4.69, 9.17) is 10.5 Å². The van der Waals surface area contributed by atoms with Gasteiger partial charge in [-0.2, -0.15) is 5.10 Å². The Morgan fingerprint density at radius 1 is 1.22 bits per heavy atom. The van der Waals surface area contributed by atoms with Crippen LogP contribution < -0.4 is 15.8 Å². The molecule has 1 aromatic carbocycles. The molecule has 32 heavy (non-hydrogen) atoms. The quantitative estimate of drug-likeness (QED) is 0.339. The zero-order valence-electron chi connectivity index (χ0n) is 18.5. The molecular formula is C23H29N5O4. The predicted molar refractivity (Wildman–Crippen MR) is 120 cm³/mol. The number of methoxy groups -OCH3 is 1. The summed E-state index contributed by atoms with van der Waals surface area (Å²) in [6, 6.07) is 8.07. The second kappa shape index (κ2) is 10.1. The number of nitrogens with two attached hydrogens (primary N) is 1. The molecule has 170 valence electrons. The van der Waals surface area contributed by atoms with Crippen molar-refractivity contribution in [3.8, 4) is 5.75 Å². The summed E-state index contributed by atoms with van der Waals surface area (Å²) in [5.74, 6) is -0.958. The Morgan fingerprint density at radius 2 is 2.00 bits per heavy atom. The maximum Gasteiger partial charge on any atom is 0.240 e. The molecule has 3 rings (SSSR count). The van der Waals surface area contributed by atoms with Crippen molar-refractivity contribution in [1.29, 1.82) is 0 Å². The smallest absolute Gasteiger partial charge is 0.240 e. The maximum absolute atomic E-state index is 13.0. The number of nitrogens with zero attached hydrogens (tertiary/aromatic N) is 1. The number of aromatic nitrogens is 3. The van der Waals surface area contributed by atoms with Gasteiger partial charge in [0.25, 0.3) is 0 Å². The first-order valence-electron chi connectivity index (χ1n) is 10.5. The van der Waals surface area contributed by atoms with Crippen LogP contribution in [-0.2, 0) is 16.0 Å². The van der Waals surface area contributed by atoms with Crippen LogP contribution in [0.5, 0.6) is 5.75 Å². The molecule has 2 amide bonds. The van der Waals surface area contributed by atoms with Crippen LogP contribution in [0.4, 0.5) is 0 Å². The molecule has 2 aromatic heterocycles. The SMILES string of the molecule is COc1cccc2[nH]c(C(=O)C[C@@H](CC(C)C)C(=O)NC(Cc3ccn[nH]3)C(N)=O)cc12. The standard InChI is InChI=1S/C23H29N5O4/c1-13(2)9-14(23(31)27-19(22(24)30)11-15-7-8-25-28-15)10-20(29)18-12-16-17(26-18)5-4-6-21(16)32-3/h4-8,12-14,19,26H,9-11H2,1-3H3,(H2,24,30)(H,25,28)(H,27,31)/t14-,19?/m1/s1. The third-order valence-corrected chi connectivity index (χ3v) is 5.35. The lowest BCUT2D eigenvalue weighted by atomic mass is 9.90. The number of carbonyl (C=O) groups excluding carboxylic acids is 3. The number of nitrogens with one attached hydrogen (secondary N) is 3. The third-order valence-electron chi connectivity index (χ3n) is 5.35. The van der Waals surface area contributed by atoms with Crippen molar-refractivity contribution >= 4 is 28.5 Å². The summed E-state index contributed by atoms with van der Waals surface area (Å²) in [5.41, 5.74) is 7.37. The van der Waals surface area contributed by atoms with Gasteiger partial charge in [-0.25, -0.2) is 0 Å². The Balaban J connectivity index is 1.75. The first-order chi connectivity index (χ1) is 15.3. The molecule has 0 radical (unpaired) electrons. The molecule has 0 spiro atoms. The summed E-state index contributed by atoms with van der Waals surface area (Å²) in [5, 5.41) is 10.1. The number of primary amides is 1. The average molecular weight is 440 g/mol. The van der Waals surface area contributed by atoms with Gasteiger partial charge in [-0.15, -0.1) is 0 Å². The van der Waals surface area contributed by atoms with Crippen LogP contribution in [0, 0.1) is 11.8 Å². The molecule has 0 saturated heterocycles. The molecular weight excluding hydrogens is 410 g/mol. The third kappa shape index (κ3) is 5.54. The number of hydrogen-bond donors (Lipinski definition) is 4. The van der Waals surface area contributed by atoms with Crippen molar-refractivity contribution in [3.05, 3.63) is 47.9 Å². The van der Waals surface area contributed by atoms with Crippen molar-refractivity contribution < 1.29 is 19.1 Å². The molecule has 0 aliphatic heterocycles. The van der Waals surface area contributed by atoms with Crippen molar-refractivity contribution in [3.63, 3.8) is 0 Å². The Kier molecular flexibility index (Phi) is 7.29. The summed E-state index contributed by atoms with van der Waals surface area (Å²) >= 11 is 0. The molecule has 9 nitrogen and oxygen atoms in total. The predicted octanol–water partition coefficient (Wildman–Crippen LogP) is 2.35. The normalized spacial score (nSPS) is 13.1. The Bertz CT molecular complexity index is 1090. The summed E-state index contributed by atoms with van der Waals surface area (Å²) < 4.78 is 5.36. The lowest BCUT2D eigenvalue weighted by molar-refractivity contribution is -0.130. The Morgan fingerprint density at radius 3 is 2.62 bits per heavy atom. The van der Waals surface area contributed by atoms with Crippen LogP contribution in [0.3, 0.4) is 0 Å². The molecule has 2 atom stereocenters. The van der Waals surface area contributed by atoms with E-state index in [1.165, 1.54) is 0 Å². The van der Waals surface area contributed by atoms with Crippen molar-refractivity contribution in [2.45, 2.75) is 39.2 Å². The first-order valence-corrected chi connectivity index (χ1v) is 10.5. The highest BCUT2D eigenvalue weighted by Crippen LogP contribution is 2.27. The zero-order valence-corrected chi connectivity index (χ0v) is 18.5. The minimum absolute atomic E-state index is 0.00862. The summed E-state index contributed by atoms with van der Waals surface area (Å²) in [7, 11) is 1.57. The first kappa shape index (κ1) is 23.1. The van der Waals surface area contributed by atoms with Gasteiger partial charge >= 0.3 is 0 Å². The van der Waals surface area contributed by atoms with E-state index in [1.807, 2.05) is 32.0 Å². The second-order valence-electron chi connectivity index (χ2n) is 8.31. The summed E-state index contributed by atoms with van der Waals surface area (Å²) in [6.07, 6.45) is 2.27. The van der Waals surface area contributed by atoms with E-state index in [-0.39, 0.29) is 30.4 Å². The van der Waals surface area contributed by atoms with Gasteiger partial charge in [-0.05, 0) is 36.6 Å². The monoisotopic (exact) mass is 439 g/mol. The van der Waals surface area contributed by atoms with E-state index < -0.39 is 17.9 Å². The summed E-state index contributed by atoms with van der Waals surface area (Å²) in [6.45, 7) is 3.96. The van der Waals surface area contributed by atoms with Gasteiger partial charge in [-0.3, -0.25) is 19.5 Å². The minimum Gasteiger partial charge on any atom is -0.496 e. The highest BCUT2D eigenvalue weighted by Gasteiger charge is 2.28. The van der Waals surface area contributed by atoms with Gasteiger partial charge in [-0.1, -0.05) is 19.9 Å². The fourth-order valence-electron chi connectivity index (χ4n) is 3.77. The fraction of sp³-hybridized carbons (Fsp3) is 0.391. The van der Waals surface area contributed by atoms with Crippen LogP contribution in [0.25, 0.3) is 10.9 Å². The second-order valence-corrected chi connectivity index (χ2v) is 8.31. The van der Waals surface area contributed by atoms with Crippen molar-refractivity contribution in [2.75, 3.05) is 7.11 Å². The van der Waals surface area contributed by atoms with E-state index in [0.29, 0.717) is 23.6 Å². The molecule has 3 aromatic rings. The number of rotatable bonds is 11. The number of amides is 2. The van der Waals surface area contributed by atoms with Crippen LogP contribution in [0.2, 0.25) is 0 Å². The number of hydrogen-bond acceptors (Lipinski definition) is 5. The molecule has 0 saturated carbocycles. The molecule has 0 aliphatic carbocycles. The summed E-state index contributed by atoms with van der Waals surface area (Å²) in [4.78, 5) is 41.1. The van der Waals surface area contributed by atoms with Gasteiger partial charge in [0, 0.05) is 41.6 Å². The molecule has 5 N–H and O–H groups in total. The number of ether oxygens (including phenoxy) is 1. The minimum atomic E-state index is -0.898. The van der Waals surface area contributed by atoms with Crippen LogP contribution >= 0.6 is 0 Å². The number of H-pyrrole nitrogens is 2. The average Bonchev–Trinajstić information content (AvgIpc) is 3.41. The number of ketones is 1.